The Morgan fingerprint density at radius 1 is 0.681 bits per heavy atom. The van der Waals surface area contributed by atoms with Crippen LogP contribution in [0.3, 0.4) is 0 Å². The van der Waals surface area contributed by atoms with E-state index in [0.29, 0.717) is 19.1 Å². The monoisotopic (exact) mass is 632 g/mol. The van der Waals surface area contributed by atoms with Crippen molar-refractivity contribution in [2.75, 3.05) is 26.4 Å². The molecule has 3 aromatic carbocycles. The summed E-state index contributed by atoms with van der Waals surface area (Å²) in [5.41, 5.74) is 9.29. The van der Waals surface area contributed by atoms with Crippen LogP contribution < -0.4 is 9.47 Å². The van der Waals surface area contributed by atoms with Crippen LogP contribution in [0.15, 0.2) is 78.9 Å². The highest BCUT2D eigenvalue weighted by Crippen LogP contribution is 2.60. The molecule has 2 heterocycles. The predicted molar refractivity (Wildman–Crippen MR) is 190 cm³/mol. The lowest BCUT2D eigenvalue weighted by molar-refractivity contribution is 0.258. The third kappa shape index (κ3) is 6.56. The van der Waals surface area contributed by atoms with E-state index in [4.69, 9.17) is 18.9 Å². The summed E-state index contributed by atoms with van der Waals surface area (Å²) in [4.78, 5) is 0. The lowest BCUT2D eigenvalue weighted by Gasteiger charge is -2.40. The van der Waals surface area contributed by atoms with Crippen LogP contribution in [0.1, 0.15) is 104 Å². The van der Waals surface area contributed by atoms with Crippen molar-refractivity contribution in [1.82, 2.24) is 0 Å². The van der Waals surface area contributed by atoms with Crippen LogP contribution in [0.5, 0.6) is 11.5 Å². The van der Waals surface area contributed by atoms with Gasteiger partial charge in [-0.05, 0) is 83.5 Å². The van der Waals surface area contributed by atoms with Crippen molar-refractivity contribution in [3.05, 3.63) is 118 Å². The summed E-state index contributed by atoms with van der Waals surface area (Å²) < 4.78 is 24.1. The zero-order valence-corrected chi connectivity index (χ0v) is 28.6. The Kier molecular flexibility index (Phi) is 9.88. The molecular weight excluding hydrogens is 580 g/mol. The smallest absolute Gasteiger partial charge is 0.125 e. The molecule has 2 aliphatic heterocycles. The van der Waals surface area contributed by atoms with Gasteiger partial charge in [-0.2, -0.15) is 0 Å². The molecule has 2 aliphatic carbocycles. The number of epoxide rings is 2. The molecule has 2 saturated heterocycles. The zero-order valence-electron chi connectivity index (χ0n) is 28.6. The minimum Gasteiger partial charge on any atom is -0.491 e. The first kappa shape index (κ1) is 32.2. The molecule has 5 atom stereocenters. The van der Waals surface area contributed by atoms with E-state index in [9.17, 15) is 0 Å². The Balaban J connectivity index is 1.45. The summed E-state index contributed by atoms with van der Waals surface area (Å²) in [6, 6.07) is 21.4. The highest BCUT2D eigenvalue weighted by molar-refractivity contribution is 5.65. The maximum Gasteiger partial charge on any atom is 0.125 e. The highest BCUT2D eigenvalue weighted by Gasteiger charge is 2.53. The lowest BCUT2D eigenvalue weighted by Crippen LogP contribution is -2.35. The number of allylic oxidation sites excluding steroid dienone is 4. The number of unbranched alkanes of at least 4 members (excludes halogenated alkanes) is 3. The summed E-state index contributed by atoms with van der Waals surface area (Å²) in [5.74, 6) is 2.70. The van der Waals surface area contributed by atoms with E-state index in [-0.39, 0.29) is 23.5 Å². The third-order valence-electron chi connectivity index (χ3n) is 10.6. The molecule has 0 N–H and O–H groups in total. The van der Waals surface area contributed by atoms with Crippen molar-refractivity contribution in [2.45, 2.75) is 102 Å². The Morgan fingerprint density at radius 3 is 1.94 bits per heavy atom. The fraction of sp³-hybridized carbons (Fsp3) is 0.488. The molecule has 0 aromatic heterocycles. The van der Waals surface area contributed by atoms with Gasteiger partial charge < -0.3 is 18.9 Å². The second-order valence-electron chi connectivity index (χ2n) is 14.0. The minimum atomic E-state index is -0.346. The quantitative estimate of drug-likeness (QED) is 0.139. The van der Waals surface area contributed by atoms with Gasteiger partial charge in [0.15, 0.2) is 0 Å². The predicted octanol–water partition coefficient (Wildman–Crippen LogP) is 9.44. The van der Waals surface area contributed by atoms with E-state index in [1.807, 2.05) is 0 Å². The van der Waals surface area contributed by atoms with E-state index in [1.54, 1.807) is 0 Å². The largest absolute Gasteiger partial charge is 0.491 e. The normalized spacial score (nSPS) is 25.0. The number of hydrogen-bond donors (Lipinski definition) is 0. The van der Waals surface area contributed by atoms with E-state index < -0.39 is 0 Å². The van der Waals surface area contributed by atoms with Crippen LogP contribution in [-0.4, -0.2) is 38.6 Å². The molecule has 4 aliphatic rings. The van der Waals surface area contributed by atoms with Crippen LogP contribution in [0.2, 0.25) is 0 Å². The molecule has 0 amide bonds. The standard InChI is InChI=1S/C43H52O4/c1-4-7-14-30-23-33(21-22-41(30)46-28-35-26-44-35)43(39-19-12-10-17-37(39)38-18-11-13-20-40(38)43)34-24-31(15-8-5-2)42(47-29-36-27-45-36)32(25-34)16-9-6-3/h10-13,17-25,35-37,39H,4-9,14-16,26-29H2,1-3H3. The number of benzene rings is 3. The summed E-state index contributed by atoms with van der Waals surface area (Å²) in [6.45, 7) is 9.72. The Hall–Kier alpha value is -3.34. The first-order valence-electron chi connectivity index (χ1n) is 18.4. The maximum absolute atomic E-state index is 6.67. The molecule has 47 heavy (non-hydrogen) atoms. The Labute approximate surface area is 282 Å². The molecule has 5 unspecified atom stereocenters. The van der Waals surface area contributed by atoms with Gasteiger partial charge in [0.05, 0.1) is 18.6 Å². The van der Waals surface area contributed by atoms with E-state index in [0.717, 1.165) is 82.5 Å². The molecule has 0 bridgehead atoms. The minimum absolute atomic E-state index is 0.231. The SMILES string of the molecule is CCCCc1cc(C2(c3cc(CCCC)c(OCC4CO4)c(CCCC)c3)c3ccccc3C3C=CC=CC32)ccc1OCC1CO1. The molecule has 2 fully saturated rings. The molecule has 3 aromatic rings. The van der Waals surface area contributed by atoms with Crippen LogP contribution >= 0.6 is 0 Å². The van der Waals surface area contributed by atoms with Gasteiger partial charge in [-0.15, -0.1) is 0 Å². The topological polar surface area (TPSA) is 43.5 Å². The van der Waals surface area contributed by atoms with Crippen LogP contribution in [0, 0.1) is 5.92 Å². The zero-order chi connectivity index (χ0) is 32.2. The molecule has 7 rings (SSSR count). The van der Waals surface area contributed by atoms with Gasteiger partial charge in [-0.3, -0.25) is 0 Å². The lowest BCUT2D eigenvalue weighted by atomic mass is 9.62. The van der Waals surface area contributed by atoms with E-state index >= 15 is 0 Å². The second kappa shape index (κ2) is 14.4. The number of aryl methyl sites for hydroxylation is 3. The number of hydrogen-bond acceptors (Lipinski definition) is 4. The molecule has 4 heteroatoms. The first-order valence-corrected chi connectivity index (χ1v) is 18.4. The van der Waals surface area contributed by atoms with Crippen LogP contribution in [0.25, 0.3) is 0 Å². The van der Waals surface area contributed by atoms with Crippen molar-refractivity contribution in [3.8, 4) is 11.5 Å². The number of fused-ring (bicyclic) bond motifs is 3. The summed E-state index contributed by atoms with van der Waals surface area (Å²) >= 11 is 0. The Bertz CT molecular complexity index is 1570. The van der Waals surface area contributed by atoms with Gasteiger partial charge in [0.2, 0.25) is 0 Å². The fourth-order valence-electron chi connectivity index (χ4n) is 8.00. The maximum atomic E-state index is 6.67. The van der Waals surface area contributed by atoms with Crippen molar-refractivity contribution >= 4 is 0 Å². The van der Waals surface area contributed by atoms with Gasteiger partial charge in [0.1, 0.15) is 36.9 Å². The average Bonchev–Trinajstić information content (AvgIpc) is 4.05. The summed E-state index contributed by atoms with van der Waals surface area (Å²) in [7, 11) is 0. The van der Waals surface area contributed by atoms with Gasteiger partial charge in [-0.1, -0.05) is 113 Å². The number of ether oxygens (including phenoxy) is 4. The van der Waals surface area contributed by atoms with Gasteiger partial charge in [-0.25, -0.2) is 0 Å². The first-order chi connectivity index (χ1) is 23.2. The summed E-state index contributed by atoms with van der Waals surface area (Å²) in [5, 5.41) is 0. The van der Waals surface area contributed by atoms with Crippen LogP contribution in [-0.2, 0) is 34.2 Å². The Morgan fingerprint density at radius 2 is 1.28 bits per heavy atom. The van der Waals surface area contributed by atoms with Crippen molar-refractivity contribution in [3.63, 3.8) is 0 Å². The van der Waals surface area contributed by atoms with Gasteiger partial charge in [0, 0.05) is 11.8 Å². The van der Waals surface area contributed by atoms with E-state index in [1.165, 1.54) is 38.9 Å². The number of rotatable bonds is 17. The molecule has 4 nitrogen and oxygen atoms in total. The van der Waals surface area contributed by atoms with Crippen molar-refractivity contribution in [2.24, 2.45) is 5.92 Å². The molecule has 248 valence electrons. The van der Waals surface area contributed by atoms with Gasteiger partial charge >= 0.3 is 0 Å². The van der Waals surface area contributed by atoms with Gasteiger partial charge in [0.25, 0.3) is 0 Å². The average molecular weight is 633 g/mol. The van der Waals surface area contributed by atoms with Crippen molar-refractivity contribution < 1.29 is 18.9 Å². The van der Waals surface area contributed by atoms with Crippen molar-refractivity contribution in [1.29, 1.82) is 0 Å². The fourth-order valence-corrected chi connectivity index (χ4v) is 8.00. The van der Waals surface area contributed by atoms with Crippen LogP contribution in [0.4, 0.5) is 0 Å². The second-order valence-corrected chi connectivity index (χ2v) is 14.0. The third-order valence-corrected chi connectivity index (χ3v) is 10.6. The molecule has 0 spiro atoms. The summed E-state index contributed by atoms with van der Waals surface area (Å²) in [6.07, 6.45) is 19.8. The molecule has 0 saturated carbocycles. The highest BCUT2D eigenvalue weighted by atomic mass is 16.6. The molecular formula is C43H52O4. The molecule has 0 radical (unpaired) electrons. The van der Waals surface area contributed by atoms with E-state index in [2.05, 4.69) is 99.7 Å².